The maximum absolute atomic E-state index is 15.4. The number of hydrogen-bond acceptors (Lipinski definition) is 5. The molecule has 1 aliphatic heterocycles. The highest BCUT2D eigenvalue weighted by Gasteiger charge is 2.32. The van der Waals surface area contributed by atoms with Crippen LogP contribution in [0.4, 0.5) is 4.39 Å². The highest BCUT2D eigenvalue weighted by atomic mass is 19.1. The number of ether oxygens (including phenoxy) is 3. The van der Waals surface area contributed by atoms with E-state index in [-0.39, 0.29) is 23.8 Å². The number of pyridine rings is 1. The van der Waals surface area contributed by atoms with Gasteiger partial charge in [-0.3, -0.25) is 9.78 Å². The van der Waals surface area contributed by atoms with Crippen molar-refractivity contribution < 1.29 is 23.4 Å². The zero-order valence-electron chi connectivity index (χ0n) is 24.8. The van der Waals surface area contributed by atoms with Gasteiger partial charge in [-0.05, 0) is 110 Å². The molecule has 0 N–H and O–H groups in total. The second kappa shape index (κ2) is 11.2. The molecule has 0 amide bonds. The molecule has 0 saturated heterocycles. The number of hydrogen-bond donors (Lipinski definition) is 0. The number of benzene rings is 3. The number of fused-ring (bicyclic) bond motifs is 2. The van der Waals surface area contributed by atoms with Crippen LogP contribution < -0.4 is 9.47 Å². The van der Waals surface area contributed by atoms with Crippen LogP contribution >= 0.6 is 0 Å². The lowest BCUT2D eigenvalue weighted by Crippen LogP contribution is -2.07. The Kier molecular flexibility index (Phi) is 7.48. The summed E-state index contributed by atoms with van der Waals surface area (Å²) in [6, 6.07) is 18.0. The summed E-state index contributed by atoms with van der Waals surface area (Å²) in [4.78, 5) is 16.1. The van der Waals surface area contributed by atoms with E-state index in [1.165, 1.54) is 7.11 Å². The SMILES string of the molecule is COC(=O)CCC1COc2cc(OC3CCc4c(-c5c(C)cc(-c6cc(C)nc(C)c6)cc5C)ccc(F)c43)ccc21. The molecule has 2 unspecified atom stereocenters. The number of carbonyl (C=O) groups is 1. The first-order chi connectivity index (χ1) is 20.2. The third-order valence-corrected chi connectivity index (χ3v) is 8.57. The lowest BCUT2D eigenvalue weighted by molar-refractivity contribution is -0.140. The molecule has 0 fully saturated rings. The van der Waals surface area contributed by atoms with Gasteiger partial charge in [0.15, 0.2) is 0 Å². The largest absolute Gasteiger partial charge is 0.493 e. The molecule has 42 heavy (non-hydrogen) atoms. The van der Waals surface area contributed by atoms with Gasteiger partial charge in [-0.1, -0.05) is 24.3 Å². The standard InChI is InChI=1S/C36H36FNO4/c1-20-14-25(26-16-22(3)38-23(4)17-26)15-21(2)35(20)29-9-11-31(37)36-30(29)10-12-32(36)42-27-7-8-28-24(6-13-34(39)40-5)19-41-33(28)18-27/h7-9,11,14-18,24,32H,6,10,12-13,19H2,1-5H3. The maximum Gasteiger partial charge on any atom is 0.305 e. The average molecular weight is 566 g/mol. The minimum Gasteiger partial charge on any atom is -0.493 e. The van der Waals surface area contributed by atoms with Gasteiger partial charge in [-0.15, -0.1) is 0 Å². The number of rotatable bonds is 7. The number of esters is 1. The first-order valence-electron chi connectivity index (χ1n) is 14.6. The van der Waals surface area contributed by atoms with Gasteiger partial charge in [0.1, 0.15) is 23.4 Å². The van der Waals surface area contributed by atoms with Crippen LogP contribution in [0.3, 0.4) is 0 Å². The minimum absolute atomic E-state index is 0.143. The molecular weight excluding hydrogens is 529 g/mol. The molecular formula is C36H36FNO4. The summed E-state index contributed by atoms with van der Waals surface area (Å²) in [6.07, 6.45) is 2.10. The van der Waals surface area contributed by atoms with E-state index in [1.54, 1.807) is 6.07 Å². The Morgan fingerprint density at radius 2 is 1.69 bits per heavy atom. The first kappa shape index (κ1) is 28.0. The fourth-order valence-corrected chi connectivity index (χ4v) is 6.71. The zero-order valence-corrected chi connectivity index (χ0v) is 24.8. The molecule has 0 radical (unpaired) electrons. The quantitative estimate of drug-likeness (QED) is 0.211. The van der Waals surface area contributed by atoms with Crippen molar-refractivity contribution in [1.29, 1.82) is 0 Å². The Labute approximate surface area is 246 Å². The number of aryl methyl sites for hydroxylation is 4. The van der Waals surface area contributed by atoms with Gasteiger partial charge in [0.25, 0.3) is 0 Å². The molecule has 0 bridgehead atoms. The Bertz CT molecular complexity index is 1650. The summed E-state index contributed by atoms with van der Waals surface area (Å²) >= 11 is 0. The van der Waals surface area contributed by atoms with Crippen molar-refractivity contribution in [2.24, 2.45) is 0 Å². The van der Waals surface area contributed by atoms with Gasteiger partial charge < -0.3 is 14.2 Å². The fourth-order valence-electron chi connectivity index (χ4n) is 6.71. The predicted molar refractivity (Wildman–Crippen MR) is 162 cm³/mol. The first-order valence-corrected chi connectivity index (χ1v) is 14.6. The summed E-state index contributed by atoms with van der Waals surface area (Å²) < 4.78 is 32.5. The maximum atomic E-state index is 15.4. The molecule has 0 spiro atoms. The smallest absolute Gasteiger partial charge is 0.305 e. The molecule has 1 aromatic heterocycles. The molecule has 2 atom stereocenters. The fraction of sp³-hybridized carbons (Fsp3) is 0.333. The summed E-state index contributed by atoms with van der Waals surface area (Å²) in [6.45, 7) is 8.83. The number of halogens is 1. The van der Waals surface area contributed by atoms with Gasteiger partial charge in [0.2, 0.25) is 0 Å². The van der Waals surface area contributed by atoms with Crippen molar-refractivity contribution in [3.63, 3.8) is 0 Å². The van der Waals surface area contributed by atoms with Crippen LogP contribution in [0, 0.1) is 33.5 Å². The third-order valence-electron chi connectivity index (χ3n) is 8.57. The van der Waals surface area contributed by atoms with Crippen molar-refractivity contribution in [2.45, 2.75) is 65.4 Å². The highest BCUT2D eigenvalue weighted by molar-refractivity contribution is 5.80. The van der Waals surface area contributed by atoms with Crippen LogP contribution in [0.5, 0.6) is 11.5 Å². The third kappa shape index (κ3) is 5.26. The molecule has 6 heteroatoms. The van der Waals surface area contributed by atoms with E-state index in [1.807, 2.05) is 38.1 Å². The predicted octanol–water partition coefficient (Wildman–Crippen LogP) is 8.28. The number of nitrogens with zero attached hydrogens (tertiary/aromatic N) is 1. The van der Waals surface area contributed by atoms with Gasteiger partial charge in [0, 0.05) is 40.9 Å². The van der Waals surface area contributed by atoms with Crippen molar-refractivity contribution >= 4 is 5.97 Å². The Hall–Kier alpha value is -4.19. The van der Waals surface area contributed by atoms with Gasteiger partial charge in [-0.25, -0.2) is 4.39 Å². The topological polar surface area (TPSA) is 57.7 Å². The molecule has 216 valence electrons. The van der Waals surface area contributed by atoms with E-state index < -0.39 is 0 Å². The lowest BCUT2D eigenvalue weighted by Gasteiger charge is -2.19. The van der Waals surface area contributed by atoms with Crippen LogP contribution in [-0.4, -0.2) is 24.7 Å². The molecule has 6 rings (SSSR count). The van der Waals surface area contributed by atoms with Crippen molar-refractivity contribution in [1.82, 2.24) is 4.98 Å². The van der Waals surface area contributed by atoms with E-state index >= 15 is 4.39 Å². The normalized spacial score (nSPS) is 17.0. The van der Waals surface area contributed by atoms with E-state index in [2.05, 4.69) is 43.1 Å². The second-order valence-corrected chi connectivity index (χ2v) is 11.6. The van der Waals surface area contributed by atoms with Gasteiger partial charge in [0.05, 0.1) is 13.7 Å². The number of aromatic nitrogens is 1. The Balaban J connectivity index is 1.27. The van der Waals surface area contributed by atoms with Crippen LogP contribution in [0.1, 0.15) is 70.5 Å². The Morgan fingerprint density at radius 1 is 0.976 bits per heavy atom. The molecule has 2 aliphatic rings. The Morgan fingerprint density at radius 3 is 2.40 bits per heavy atom. The molecule has 4 aromatic rings. The van der Waals surface area contributed by atoms with E-state index in [0.717, 1.165) is 68.1 Å². The van der Waals surface area contributed by atoms with E-state index in [4.69, 9.17) is 14.2 Å². The lowest BCUT2D eigenvalue weighted by atomic mass is 9.88. The summed E-state index contributed by atoms with van der Waals surface area (Å²) in [5, 5.41) is 0. The van der Waals surface area contributed by atoms with E-state index in [0.29, 0.717) is 37.2 Å². The molecule has 2 heterocycles. The molecule has 1 aliphatic carbocycles. The van der Waals surface area contributed by atoms with Crippen molar-refractivity contribution in [3.05, 3.63) is 99.6 Å². The van der Waals surface area contributed by atoms with Gasteiger partial charge >= 0.3 is 5.97 Å². The van der Waals surface area contributed by atoms with Crippen LogP contribution in [0.2, 0.25) is 0 Å². The van der Waals surface area contributed by atoms with Gasteiger partial charge in [-0.2, -0.15) is 0 Å². The second-order valence-electron chi connectivity index (χ2n) is 11.6. The highest BCUT2D eigenvalue weighted by Crippen LogP contribution is 2.45. The monoisotopic (exact) mass is 565 g/mol. The minimum atomic E-state index is -0.378. The van der Waals surface area contributed by atoms with Crippen LogP contribution in [-0.2, 0) is 16.0 Å². The summed E-state index contributed by atoms with van der Waals surface area (Å²) in [7, 11) is 1.40. The zero-order chi connectivity index (χ0) is 29.5. The molecule has 0 saturated carbocycles. The van der Waals surface area contributed by atoms with Crippen molar-refractivity contribution in [2.75, 3.05) is 13.7 Å². The number of methoxy groups -OCH3 is 1. The molecule has 5 nitrogen and oxygen atoms in total. The summed E-state index contributed by atoms with van der Waals surface area (Å²) in [5.41, 5.74) is 11.6. The molecule has 3 aromatic carbocycles. The number of carbonyl (C=O) groups excluding carboxylic acids is 1. The van der Waals surface area contributed by atoms with Crippen LogP contribution in [0.15, 0.2) is 54.6 Å². The average Bonchev–Trinajstić information content (AvgIpc) is 3.56. The van der Waals surface area contributed by atoms with Crippen LogP contribution in [0.25, 0.3) is 22.3 Å². The van der Waals surface area contributed by atoms with E-state index in [9.17, 15) is 4.79 Å². The summed E-state index contributed by atoms with van der Waals surface area (Å²) in [5.74, 6) is 1.12. The van der Waals surface area contributed by atoms with Crippen molar-refractivity contribution in [3.8, 4) is 33.8 Å².